The summed E-state index contributed by atoms with van der Waals surface area (Å²) in [5, 5.41) is 3.98. The summed E-state index contributed by atoms with van der Waals surface area (Å²) in [6.07, 6.45) is 1.25. The van der Waals surface area contributed by atoms with Gasteiger partial charge in [-0.1, -0.05) is 20.3 Å². The Morgan fingerprint density at radius 2 is 0.718 bits per heavy atom. The molecule has 0 unspecified atom stereocenters. The minimum absolute atomic E-state index is 0.486. The molecule has 4 aromatic heterocycles. The highest BCUT2D eigenvalue weighted by atomic mass is 32.1. The van der Waals surface area contributed by atoms with E-state index in [2.05, 4.69) is 13.8 Å². The molecule has 0 aromatic carbocycles. The molecule has 39 heavy (non-hydrogen) atoms. The van der Waals surface area contributed by atoms with Gasteiger partial charge >= 0.3 is 0 Å². The van der Waals surface area contributed by atoms with Crippen molar-refractivity contribution < 1.29 is 37.9 Å². The first kappa shape index (κ1) is 25.2. The molecular weight excluding hydrogens is 581 g/mol. The average molecular weight is 607 g/mol. The smallest absolute Gasteiger partial charge is 0.181 e. The molecule has 8 heterocycles. The lowest BCUT2D eigenvalue weighted by Crippen LogP contribution is -2.16. The fraction of sp³-hybridized carbons (Fsp3) is 0.407. The average Bonchev–Trinajstić information content (AvgIpc) is 3.76. The van der Waals surface area contributed by atoms with E-state index in [1.165, 1.54) is 6.42 Å². The van der Waals surface area contributed by atoms with Crippen LogP contribution in [0, 0.1) is 0 Å². The van der Waals surface area contributed by atoms with Gasteiger partial charge in [-0.05, 0) is 0 Å². The van der Waals surface area contributed by atoms with E-state index in [1.807, 2.05) is 10.8 Å². The molecule has 0 fully saturated rings. The van der Waals surface area contributed by atoms with Crippen molar-refractivity contribution >= 4 is 45.3 Å². The van der Waals surface area contributed by atoms with Crippen LogP contribution in [0.4, 0.5) is 0 Å². The van der Waals surface area contributed by atoms with E-state index in [1.54, 1.807) is 45.3 Å². The monoisotopic (exact) mass is 606 g/mol. The molecule has 8 nitrogen and oxygen atoms in total. The number of thiophene rings is 4. The van der Waals surface area contributed by atoms with Gasteiger partial charge < -0.3 is 37.9 Å². The Kier molecular flexibility index (Phi) is 6.87. The van der Waals surface area contributed by atoms with Crippen LogP contribution in [0.25, 0.3) is 29.3 Å². The molecule has 0 atom stereocenters. The summed E-state index contributed by atoms with van der Waals surface area (Å²) >= 11 is 6.42. The van der Waals surface area contributed by atoms with Crippen molar-refractivity contribution in [3.63, 3.8) is 0 Å². The highest BCUT2D eigenvalue weighted by Gasteiger charge is 2.36. The van der Waals surface area contributed by atoms with Crippen LogP contribution < -0.4 is 37.9 Å². The Morgan fingerprint density at radius 1 is 0.436 bits per heavy atom. The van der Waals surface area contributed by atoms with Gasteiger partial charge in [-0.15, -0.1) is 45.3 Å². The second-order valence-corrected chi connectivity index (χ2v) is 12.6. The van der Waals surface area contributed by atoms with E-state index in [0.29, 0.717) is 52.9 Å². The van der Waals surface area contributed by atoms with Gasteiger partial charge in [-0.3, -0.25) is 0 Å². The van der Waals surface area contributed by atoms with Crippen LogP contribution in [-0.4, -0.2) is 52.9 Å². The van der Waals surface area contributed by atoms with Crippen LogP contribution >= 0.6 is 45.3 Å². The molecule has 12 heteroatoms. The Labute approximate surface area is 241 Å². The van der Waals surface area contributed by atoms with Crippen molar-refractivity contribution in [1.82, 2.24) is 0 Å². The van der Waals surface area contributed by atoms with Gasteiger partial charge in [-0.25, -0.2) is 0 Å². The van der Waals surface area contributed by atoms with Crippen LogP contribution in [0.15, 0.2) is 10.8 Å². The maximum absolute atomic E-state index is 6.20. The summed E-state index contributed by atoms with van der Waals surface area (Å²) in [5.41, 5.74) is 0. The Morgan fingerprint density at radius 3 is 1.08 bits per heavy atom. The zero-order valence-corrected chi connectivity index (χ0v) is 24.7. The maximum atomic E-state index is 6.20. The third-order valence-corrected chi connectivity index (χ3v) is 10.7. The fourth-order valence-electron chi connectivity index (χ4n) is 4.54. The van der Waals surface area contributed by atoms with Crippen LogP contribution in [0.5, 0.6) is 46.0 Å². The molecule has 206 valence electrons. The summed E-state index contributed by atoms with van der Waals surface area (Å²) in [7, 11) is 0. The second-order valence-electron chi connectivity index (χ2n) is 8.85. The predicted octanol–water partition coefficient (Wildman–Crippen LogP) is 7.43. The molecule has 0 amide bonds. The van der Waals surface area contributed by atoms with Crippen molar-refractivity contribution in [3.8, 4) is 75.3 Å². The van der Waals surface area contributed by atoms with Gasteiger partial charge in [0.05, 0.1) is 29.3 Å². The van der Waals surface area contributed by atoms with Crippen LogP contribution in [0.3, 0.4) is 0 Å². The number of rotatable bonds is 3. The number of hydrogen-bond acceptors (Lipinski definition) is 12. The van der Waals surface area contributed by atoms with Gasteiger partial charge in [0.1, 0.15) is 52.9 Å². The standard InChI is InChI=1S/C24H18O8S4.C3H8/c1-3-27-13-11(25-1)9-33-19(13)21-15-17(31-7-5-29-15)23(35-21)24-18-16(30-6-8-32-18)22(36-24)20-14-12(10-34-20)26-2-4-28-14;1-3-2/h9-10H,1-8H2;3H2,1-2H3. The lowest BCUT2D eigenvalue weighted by Gasteiger charge is -2.19. The van der Waals surface area contributed by atoms with Crippen LogP contribution in [0.2, 0.25) is 0 Å². The maximum Gasteiger partial charge on any atom is 0.181 e. The first-order valence-electron chi connectivity index (χ1n) is 12.9. The van der Waals surface area contributed by atoms with Gasteiger partial charge in [-0.2, -0.15) is 0 Å². The SMILES string of the molecule is CCC.c1sc(-c2sc(-c3sc(-c4scc5c4OCCO5)c4c3OCCO4)c3c2OCCO3)c2c1OCCO2. The van der Waals surface area contributed by atoms with E-state index in [4.69, 9.17) is 37.9 Å². The lowest BCUT2D eigenvalue weighted by molar-refractivity contribution is 0.171. The van der Waals surface area contributed by atoms with Crippen molar-refractivity contribution in [3.05, 3.63) is 10.8 Å². The molecule has 0 spiro atoms. The van der Waals surface area contributed by atoms with Crippen LogP contribution in [-0.2, 0) is 0 Å². The highest BCUT2D eigenvalue weighted by molar-refractivity contribution is 7.29. The minimum atomic E-state index is 0.486. The van der Waals surface area contributed by atoms with E-state index >= 15 is 0 Å². The predicted molar refractivity (Wildman–Crippen MR) is 154 cm³/mol. The zero-order valence-electron chi connectivity index (χ0n) is 21.4. The van der Waals surface area contributed by atoms with Crippen molar-refractivity contribution in [2.75, 3.05) is 52.9 Å². The molecule has 4 aliphatic heterocycles. The molecule has 4 aliphatic rings. The normalized spacial score (nSPS) is 16.4. The zero-order chi connectivity index (χ0) is 26.3. The Balaban J connectivity index is 0.000000809. The minimum Gasteiger partial charge on any atom is -0.485 e. The summed E-state index contributed by atoms with van der Waals surface area (Å²) in [6, 6.07) is 0. The van der Waals surface area contributed by atoms with Gasteiger partial charge in [0.15, 0.2) is 46.0 Å². The number of fused-ring (bicyclic) bond motifs is 4. The first-order chi connectivity index (χ1) is 19.3. The quantitative estimate of drug-likeness (QED) is 0.238. The Bertz CT molecular complexity index is 1390. The summed E-state index contributed by atoms with van der Waals surface area (Å²) in [6.45, 7) is 8.37. The van der Waals surface area contributed by atoms with Gasteiger partial charge in [0.2, 0.25) is 0 Å². The number of ether oxygens (including phenoxy) is 8. The van der Waals surface area contributed by atoms with Crippen molar-refractivity contribution in [2.45, 2.75) is 20.3 Å². The first-order valence-corrected chi connectivity index (χ1v) is 16.3. The fourth-order valence-corrected chi connectivity index (χ4v) is 9.19. The van der Waals surface area contributed by atoms with E-state index in [9.17, 15) is 0 Å². The summed E-state index contributed by atoms with van der Waals surface area (Å²) in [4.78, 5) is 5.84. The Hall–Kier alpha value is -2.80. The molecule has 0 radical (unpaired) electrons. The molecule has 0 saturated carbocycles. The topological polar surface area (TPSA) is 73.8 Å². The second kappa shape index (κ2) is 10.6. The highest BCUT2D eigenvalue weighted by Crippen LogP contribution is 2.64. The lowest BCUT2D eigenvalue weighted by atomic mass is 10.2. The third kappa shape index (κ3) is 4.28. The number of hydrogen-bond donors (Lipinski definition) is 0. The van der Waals surface area contributed by atoms with E-state index in [-0.39, 0.29) is 0 Å². The summed E-state index contributed by atoms with van der Waals surface area (Å²) in [5.74, 6) is 6.04. The molecule has 0 bridgehead atoms. The van der Waals surface area contributed by atoms with Gasteiger partial charge in [0.25, 0.3) is 0 Å². The molecule has 0 saturated heterocycles. The molecule has 4 aromatic rings. The van der Waals surface area contributed by atoms with Crippen molar-refractivity contribution in [2.24, 2.45) is 0 Å². The molecule has 0 aliphatic carbocycles. The molecular formula is C27H26O8S4. The van der Waals surface area contributed by atoms with E-state index < -0.39 is 0 Å². The molecule has 8 rings (SSSR count). The summed E-state index contributed by atoms with van der Waals surface area (Å²) < 4.78 is 48.3. The molecule has 0 N–H and O–H groups in total. The van der Waals surface area contributed by atoms with Crippen LogP contribution in [0.1, 0.15) is 20.3 Å². The van der Waals surface area contributed by atoms with Crippen molar-refractivity contribution in [1.29, 1.82) is 0 Å². The largest absolute Gasteiger partial charge is 0.485 e. The van der Waals surface area contributed by atoms with E-state index in [0.717, 1.165) is 75.3 Å². The third-order valence-electron chi connectivity index (χ3n) is 6.02. The van der Waals surface area contributed by atoms with Gasteiger partial charge in [0, 0.05) is 10.8 Å².